The van der Waals surface area contributed by atoms with Crippen LogP contribution in [-0.4, -0.2) is 94.4 Å². The molecule has 0 aliphatic rings. The van der Waals surface area contributed by atoms with Gasteiger partial charge in [0.05, 0.1) is 67.9 Å². The van der Waals surface area contributed by atoms with E-state index in [9.17, 15) is 36.0 Å². The Morgan fingerprint density at radius 3 is 1.75 bits per heavy atom. The first kappa shape index (κ1) is 60.5. The third-order valence-corrected chi connectivity index (χ3v) is 12.2. The van der Waals surface area contributed by atoms with Gasteiger partial charge in [-0.2, -0.15) is 9.43 Å². The monoisotopic (exact) mass is 1000 g/mol. The van der Waals surface area contributed by atoms with Gasteiger partial charge in [-0.15, -0.1) is 5.10 Å². The van der Waals surface area contributed by atoms with Gasteiger partial charge in [-0.05, 0) is 54.6 Å². The molecule has 1 heterocycles. The number of aromatic nitrogens is 2. The largest absolute Gasteiger partial charge is 1.00 e. The summed E-state index contributed by atoms with van der Waals surface area (Å²) in [6.45, 7) is -1.98. The molecule has 7 N–H and O–H groups in total. The Morgan fingerprint density at radius 2 is 1.29 bits per heavy atom. The van der Waals surface area contributed by atoms with E-state index in [4.69, 9.17) is 26.3 Å². The van der Waals surface area contributed by atoms with Gasteiger partial charge in [0.1, 0.15) is 42.0 Å². The van der Waals surface area contributed by atoms with Gasteiger partial charge in [-0.25, -0.2) is 16.8 Å². The number of carboxylic acids is 1. The molecule has 0 fully saturated rings. The number of nitrogens with zero attached hydrogens (tertiary/aromatic N) is 2. The second kappa shape index (κ2) is 29.7. The number of anilines is 1. The van der Waals surface area contributed by atoms with Crippen LogP contribution in [0.4, 0.5) is 5.82 Å². The minimum absolute atomic E-state index is 0. The molecule has 1 aromatic heterocycles. The van der Waals surface area contributed by atoms with Crippen LogP contribution in [0.5, 0.6) is 0 Å². The molecule has 1 radical (unpaired) electrons. The molecular weight excluding hydrogens is 973 g/mol. The second-order valence-corrected chi connectivity index (χ2v) is 17.0. The van der Waals surface area contributed by atoms with Crippen molar-refractivity contribution in [2.75, 3.05) is 31.8 Å². The predicted molar refractivity (Wildman–Crippen MR) is 198 cm³/mol. The molecule has 0 amide bonds. The Kier molecular flexibility index (Phi) is 30.5. The van der Waals surface area contributed by atoms with Crippen LogP contribution in [0.25, 0.3) is 16.6 Å². The number of rotatable bonds is 15. The number of benzene rings is 4. The fraction of sp³-hybridized carbons (Fsp3) is 0.156. The zero-order valence-electron chi connectivity index (χ0n) is 31.5. The average Bonchev–Trinajstić information content (AvgIpc) is 3.18. The summed E-state index contributed by atoms with van der Waals surface area (Å²) in [6, 6.07) is 25.1. The number of carbonyl (C=O) groups is 1. The molecule has 0 saturated carbocycles. The zero-order valence-corrected chi connectivity index (χ0v) is 42.8. The quantitative estimate of drug-likeness (QED) is 0.0142. The fourth-order valence-electron chi connectivity index (χ4n) is 4.57. The van der Waals surface area contributed by atoms with Crippen molar-refractivity contribution in [2.24, 2.45) is 0 Å². The molecule has 5 aromatic rings. The summed E-state index contributed by atoms with van der Waals surface area (Å²) in [5.74, 6) is 6.35. The summed E-state index contributed by atoms with van der Waals surface area (Å²) in [5, 5.41) is 61.2. The number of hydrogen-bond acceptors (Lipinski definition) is 18. The molecule has 0 saturated heterocycles. The van der Waals surface area contributed by atoms with E-state index < -0.39 is 75.8 Å². The van der Waals surface area contributed by atoms with Crippen LogP contribution in [0.1, 0.15) is 0 Å². The van der Waals surface area contributed by atoms with E-state index in [0.29, 0.717) is 38.7 Å². The number of aliphatic hydroxyl groups is 3. The van der Waals surface area contributed by atoms with Crippen molar-refractivity contribution >= 4 is 78.7 Å². The van der Waals surface area contributed by atoms with Crippen molar-refractivity contribution in [3.05, 3.63) is 109 Å². The predicted octanol–water partition coefficient (Wildman–Crippen LogP) is -9.39. The van der Waals surface area contributed by atoms with Crippen LogP contribution in [0.3, 0.4) is 0 Å². The maximum absolute atomic E-state index is 11.5. The van der Waals surface area contributed by atoms with Crippen LogP contribution in [0, 0.1) is 0 Å². The van der Waals surface area contributed by atoms with Crippen molar-refractivity contribution in [3.63, 3.8) is 0 Å². The van der Waals surface area contributed by atoms with E-state index in [2.05, 4.69) is 30.3 Å². The normalized spacial score (nSPS) is 10.8. The van der Waals surface area contributed by atoms with Crippen molar-refractivity contribution < 1.29 is 175 Å². The van der Waals surface area contributed by atoms with Crippen molar-refractivity contribution in [1.29, 1.82) is 0 Å². The first-order chi connectivity index (χ1) is 26.1. The first-order valence-corrected chi connectivity index (χ1v) is 20.3. The van der Waals surface area contributed by atoms with Gasteiger partial charge in [-0.1, -0.05) is 42.5 Å². The Bertz CT molecular complexity index is 2190. The van der Waals surface area contributed by atoms with E-state index >= 15 is 0 Å². The molecular formula is C32H33N5Na3O14PS3Tc. The average molecular weight is 1010 g/mol. The Labute approximate surface area is 424 Å². The van der Waals surface area contributed by atoms with E-state index in [1.54, 1.807) is 42.6 Å². The maximum atomic E-state index is 11.5. The minimum Gasteiger partial charge on any atom is -0.744 e. The van der Waals surface area contributed by atoms with Gasteiger partial charge in [0.2, 0.25) is 0 Å². The molecule has 303 valence electrons. The Balaban J connectivity index is 0. The maximum Gasteiger partial charge on any atom is 1.00 e. The summed E-state index contributed by atoms with van der Waals surface area (Å²) >= 11 is 0.647. The van der Waals surface area contributed by atoms with Crippen LogP contribution < -0.4 is 121 Å². The Morgan fingerprint density at radius 1 is 0.797 bits per heavy atom. The molecule has 0 aliphatic carbocycles. The van der Waals surface area contributed by atoms with E-state index in [1.807, 2.05) is 24.3 Å². The third-order valence-electron chi connectivity index (χ3n) is 7.31. The molecule has 4 aromatic carbocycles. The Hall–Kier alpha value is -0.581. The van der Waals surface area contributed by atoms with Gasteiger partial charge in [0, 0.05) is 35.8 Å². The van der Waals surface area contributed by atoms with Crippen LogP contribution in [0.2, 0.25) is 0 Å². The topological polar surface area (TPSA) is 328 Å². The van der Waals surface area contributed by atoms with Crippen LogP contribution in [0.15, 0.2) is 118 Å². The van der Waals surface area contributed by atoms with Gasteiger partial charge in [0.15, 0.2) is 0 Å². The van der Waals surface area contributed by atoms with Crippen molar-refractivity contribution in [2.45, 2.75) is 20.2 Å². The number of aliphatic carboxylic acids is 1. The van der Waals surface area contributed by atoms with E-state index in [0.717, 1.165) is 22.9 Å². The van der Waals surface area contributed by atoms with Gasteiger partial charge in [-0.3, -0.25) is 15.1 Å². The van der Waals surface area contributed by atoms with Gasteiger partial charge >= 0.3 is 94.6 Å². The molecule has 59 heavy (non-hydrogen) atoms. The molecule has 0 aliphatic heterocycles. The van der Waals surface area contributed by atoms with Crippen molar-refractivity contribution in [3.8, 4) is 0 Å². The summed E-state index contributed by atoms with van der Waals surface area (Å²) < 4.78 is 73.4. The first-order valence-electron chi connectivity index (χ1n) is 15.3. The number of aliphatic hydroxyl groups excluding tert-OH is 3. The van der Waals surface area contributed by atoms with E-state index in [1.165, 1.54) is 24.3 Å². The summed E-state index contributed by atoms with van der Waals surface area (Å²) in [7, 11) is -11.5. The van der Waals surface area contributed by atoms with Crippen LogP contribution >= 0.6 is 20.0 Å². The molecule has 0 atom stereocenters. The third kappa shape index (κ3) is 19.4. The molecule has 0 spiro atoms. The number of hydrogen-bond donors (Lipinski definition) is 6. The van der Waals surface area contributed by atoms with E-state index in [-0.39, 0.29) is 109 Å². The smallest absolute Gasteiger partial charge is 0.744 e. The SMILES string of the molecule is O=C(O)CNC(CO)(CO)CO.O=S(=O)([O-])c1cccc([PH+](c2cccc(SOO[O-])c2)c2cccc(S(=O)(=O)[O-])c2)c1.[NH-]Nc1nncc2ccccc12.[Na+].[Na+].[Na+].[Tc]. The summed E-state index contributed by atoms with van der Waals surface area (Å²) in [4.78, 5) is 9.70. The summed E-state index contributed by atoms with van der Waals surface area (Å²) in [6.07, 6.45) is 1.68. The molecule has 0 unspecified atom stereocenters. The van der Waals surface area contributed by atoms with Gasteiger partial charge in [0.25, 0.3) is 0 Å². The zero-order chi connectivity index (χ0) is 40.6. The number of nitrogens with one attached hydrogen (secondary N) is 3. The van der Waals surface area contributed by atoms with Gasteiger partial charge < -0.3 is 46.1 Å². The molecule has 19 nitrogen and oxygen atoms in total. The second-order valence-electron chi connectivity index (χ2n) is 11.0. The summed E-state index contributed by atoms with van der Waals surface area (Å²) in [5.41, 5.74) is 0.939. The minimum atomic E-state index is -4.73. The molecule has 5 rings (SSSR count). The van der Waals surface area contributed by atoms with Crippen molar-refractivity contribution in [1.82, 2.24) is 15.5 Å². The molecule has 27 heteroatoms. The fourth-order valence-corrected chi connectivity index (χ4v) is 9.02. The standard InChI is InChI=1S/C18H15O9PS3.C8H7N4.C6H13NO5.3Na.Tc/c19-26-27-29-16-7-1-4-13(10-16)28(14-5-2-8-17(11-14)30(20,21)22)15-6-3-9-18(12-15)31(23,24)25;9-11-8-7-4-2-1-3-6(7)5-10-12-8;8-2-6(3-9,4-10)7-1-5(11)12;;;;/h1-12,19H,(H,20,21,22)(H,23,24,25);1-5,9H,(H,11,12);7-10H,1-4H2,(H,11,12);;;;/q;-1;;3*+1;/p-2. The number of carboxylic acid groups (broad SMARTS) is 1. The van der Waals surface area contributed by atoms with Crippen LogP contribution in [-0.2, 0) is 54.5 Å². The molecule has 0 bridgehead atoms. The number of fused-ring (bicyclic) bond motifs is 1.